The highest BCUT2D eigenvalue weighted by atomic mass is 16.5. The number of nitrogens with two attached hydrogens (primary N) is 1. The van der Waals surface area contributed by atoms with Crippen molar-refractivity contribution in [3.05, 3.63) is 17.0 Å². The first-order chi connectivity index (χ1) is 8.95. The van der Waals surface area contributed by atoms with E-state index in [1.54, 1.807) is 0 Å². The van der Waals surface area contributed by atoms with Gasteiger partial charge in [-0.05, 0) is 46.1 Å². The molecule has 0 fully saturated rings. The Kier molecular flexibility index (Phi) is 6.02. The fraction of sp³-hybridized carbons (Fsp3) is 0.714. The second-order valence-corrected chi connectivity index (χ2v) is 5.25. The summed E-state index contributed by atoms with van der Waals surface area (Å²) in [7, 11) is 0. The lowest BCUT2D eigenvalue weighted by Gasteiger charge is -2.15. The molecule has 0 spiro atoms. The van der Waals surface area contributed by atoms with Crippen molar-refractivity contribution in [2.24, 2.45) is 11.7 Å². The number of hydrogen-bond donors (Lipinski definition) is 2. The highest BCUT2D eigenvalue weighted by molar-refractivity contribution is 5.76. The number of aromatic nitrogens is 1. The monoisotopic (exact) mass is 267 g/mol. The van der Waals surface area contributed by atoms with Crippen LogP contribution in [0.15, 0.2) is 4.52 Å². The number of carbonyl (C=O) groups excluding carboxylic acids is 1. The molecule has 0 saturated carbocycles. The Balaban J connectivity index is 2.44. The molecule has 3 N–H and O–H groups in total. The number of rotatable bonds is 7. The molecule has 0 bridgehead atoms. The van der Waals surface area contributed by atoms with E-state index >= 15 is 0 Å². The van der Waals surface area contributed by atoms with E-state index in [-0.39, 0.29) is 11.9 Å². The van der Waals surface area contributed by atoms with Gasteiger partial charge in [-0.3, -0.25) is 4.79 Å². The molecule has 5 heteroatoms. The van der Waals surface area contributed by atoms with Crippen LogP contribution in [-0.2, 0) is 4.79 Å². The third kappa shape index (κ3) is 4.67. The molecule has 5 nitrogen and oxygen atoms in total. The van der Waals surface area contributed by atoms with Gasteiger partial charge in [0.15, 0.2) is 0 Å². The molecule has 108 valence electrons. The largest absolute Gasteiger partial charge is 0.361 e. The molecule has 1 heterocycles. The minimum absolute atomic E-state index is 0.0661. The van der Waals surface area contributed by atoms with Crippen molar-refractivity contribution >= 4 is 5.91 Å². The molecule has 2 atom stereocenters. The average molecular weight is 267 g/mol. The van der Waals surface area contributed by atoms with Crippen molar-refractivity contribution in [2.75, 3.05) is 6.54 Å². The first-order valence-corrected chi connectivity index (χ1v) is 6.87. The highest BCUT2D eigenvalue weighted by Gasteiger charge is 2.18. The standard InChI is InChI=1S/C14H25N3O2/c1-9(7-8-15)5-6-13(18)16-10(2)14-11(3)17-19-12(14)4/h9-10H,5-8,15H2,1-4H3,(H,16,18). The maximum Gasteiger partial charge on any atom is 0.220 e. The zero-order chi connectivity index (χ0) is 14.4. The van der Waals surface area contributed by atoms with Crippen LogP contribution >= 0.6 is 0 Å². The molecule has 2 unspecified atom stereocenters. The third-order valence-corrected chi connectivity index (χ3v) is 3.42. The van der Waals surface area contributed by atoms with Gasteiger partial charge in [0.25, 0.3) is 0 Å². The van der Waals surface area contributed by atoms with Crippen LogP contribution in [0.2, 0.25) is 0 Å². The quantitative estimate of drug-likeness (QED) is 0.793. The zero-order valence-electron chi connectivity index (χ0n) is 12.3. The minimum atomic E-state index is -0.0661. The van der Waals surface area contributed by atoms with Crippen molar-refractivity contribution < 1.29 is 9.32 Å². The van der Waals surface area contributed by atoms with Crippen molar-refractivity contribution in [3.8, 4) is 0 Å². The molecule has 0 aromatic carbocycles. The lowest BCUT2D eigenvalue weighted by Crippen LogP contribution is -2.27. The molecule has 0 aliphatic heterocycles. The molecule has 1 amide bonds. The summed E-state index contributed by atoms with van der Waals surface area (Å²) in [6.45, 7) is 8.50. The molecule has 1 aromatic heterocycles. The van der Waals surface area contributed by atoms with Crippen molar-refractivity contribution in [2.45, 2.75) is 53.0 Å². The normalized spacial score (nSPS) is 14.2. The Bertz CT molecular complexity index is 395. The molecule has 0 radical (unpaired) electrons. The van der Waals surface area contributed by atoms with Gasteiger partial charge in [-0.1, -0.05) is 12.1 Å². The van der Waals surface area contributed by atoms with Gasteiger partial charge in [0.05, 0.1) is 11.7 Å². The van der Waals surface area contributed by atoms with Gasteiger partial charge in [-0.2, -0.15) is 0 Å². The van der Waals surface area contributed by atoms with Crippen LogP contribution in [0.4, 0.5) is 0 Å². The van der Waals surface area contributed by atoms with Gasteiger partial charge >= 0.3 is 0 Å². The Morgan fingerprint density at radius 2 is 2.05 bits per heavy atom. The van der Waals surface area contributed by atoms with Gasteiger partial charge in [-0.15, -0.1) is 0 Å². The summed E-state index contributed by atoms with van der Waals surface area (Å²) in [5.41, 5.74) is 7.31. The maximum absolute atomic E-state index is 11.9. The van der Waals surface area contributed by atoms with E-state index in [2.05, 4.69) is 17.4 Å². The van der Waals surface area contributed by atoms with E-state index in [0.717, 1.165) is 29.9 Å². The Labute approximate surface area is 114 Å². The number of nitrogens with zero attached hydrogens (tertiary/aromatic N) is 1. The van der Waals surface area contributed by atoms with Crippen LogP contribution in [0.1, 0.15) is 56.2 Å². The lowest BCUT2D eigenvalue weighted by molar-refractivity contribution is -0.122. The van der Waals surface area contributed by atoms with Gasteiger partial charge in [-0.25, -0.2) is 0 Å². The average Bonchev–Trinajstić information content (AvgIpc) is 2.67. The second kappa shape index (κ2) is 7.28. The van der Waals surface area contributed by atoms with E-state index in [9.17, 15) is 4.79 Å². The van der Waals surface area contributed by atoms with E-state index in [0.29, 0.717) is 18.9 Å². The Morgan fingerprint density at radius 1 is 1.37 bits per heavy atom. The smallest absolute Gasteiger partial charge is 0.220 e. The molecule has 19 heavy (non-hydrogen) atoms. The van der Waals surface area contributed by atoms with E-state index in [1.807, 2.05) is 20.8 Å². The van der Waals surface area contributed by atoms with Crippen LogP contribution in [0.3, 0.4) is 0 Å². The molecule has 0 aliphatic carbocycles. The summed E-state index contributed by atoms with van der Waals surface area (Å²) in [6.07, 6.45) is 2.37. The zero-order valence-corrected chi connectivity index (χ0v) is 12.3. The molecular formula is C14H25N3O2. The summed E-state index contributed by atoms with van der Waals surface area (Å²) < 4.78 is 5.11. The van der Waals surface area contributed by atoms with E-state index < -0.39 is 0 Å². The molecule has 1 aromatic rings. The molecule has 0 saturated heterocycles. The number of amides is 1. The van der Waals surface area contributed by atoms with Gasteiger partial charge in [0.1, 0.15) is 5.76 Å². The van der Waals surface area contributed by atoms with Gasteiger partial charge in [0.2, 0.25) is 5.91 Å². The molecule has 1 rings (SSSR count). The summed E-state index contributed by atoms with van der Waals surface area (Å²) >= 11 is 0. The van der Waals surface area contributed by atoms with Crippen LogP contribution in [0.5, 0.6) is 0 Å². The van der Waals surface area contributed by atoms with Crippen molar-refractivity contribution in [1.29, 1.82) is 0 Å². The highest BCUT2D eigenvalue weighted by Crippen LogP contribution is 2.21. The predicted octanol–water partition coefficient (Wildman–Crippen LogP) is 2.23. The maximum atomic E-state index is 11.9. The first-order valence-electron chi connectivity index (χ1n) is 6.87. The molecular weight excluding hydrogens is 242 g/mol. The topological polar surface area (TPSA) is 81.2 Å². The summed E-state index contributed by atoms with van der Waals surface area (Å²) in [6, 6.07) is -0.0661. The number of aryl methyl sites for hydroxylation is 2. The Morgan fingerprint density at radius 3 is 2.58 bits per heavy atom. The first kappa shape index (κ1) is 15.7. The summed E-state index contributed by atoms with van der Waals surface area (Å²) in [5, 5.41) is 6.89. The van der Waals surface area contributed by atoms with Crippen LogP contribution in [0.25, 0.3) is 0 Å². The van der Waals surface area contributed by atoms with Crippen molar-refractivity contribution in [1.82, 2.24) is 10.5 Å². The third-order valence-electron chi connectivity index (χ3n) is 3.42. The number of hydrogen-bond acceptors (Lipinski definition) is 4. The molecule has 0 aliphatic rings. The fourth-order valence-electron chi connectivity index (χ4n) is 2.30. The summed E-state index contributed by atoms with van der Waals surface area (Å²) in [4.78, 5) is 11.9. The summed E-state index contributed by atoms with van der Waals surface area (Å²) in [5.74, 6) is 1.32. The van der Waals surface area contributed by atoms with Gasteiger partial charge < -0.3 is 15.6 Å². The predicted molar refractivity (Wildman–Crippen MR) is 74.6 cm³/mol. The SMILES string of the molecule is Cc1noc(C)c1C(C)NC(=O)CCC(C)CCN. The second-order valence-electron chi connectivity index (χ2n) is 5.25. The van der Waals surface area contributed by atoms with E-state index in [4.69, 9.17) is 10.3 Å². The number of nitrogens with one attached hydrogen (secondary N) is 1. The number of carbonyl (C=O) groups is 1. The van der Waals surface area contributed by atoms with Gasteiger partial charge in [0, 0.05) is 12.0 Å². The van der Waals surface area contributed by atoms with Crippen LogP contribution < -0.4 is 11.1 Å². The van der Waals surface area contributed by atoms with Crippen LogP contribution in [-0.4, -0.2) is 17.6 Å². The lowest BCUT2D eigenvalue weighted by atomic mass is 10.0. The minimum Gasteiger partial charge on any atom is -0.361 e. The fourth-order valence-corrected chi connectivity index (χ4v) is 2.30. The Hall–Kier alpha value is -1.36. The van der Waals surface area contributed by atoms with E-state index in [1.165, 1.54) is 0 Å². The van der Waals surface area contributed by atoms with Crippen molar-refractivity contribution in [3.63, 3.8) is 0 Å². The van der Waals surface area contributed by atoms with Crippen LogP contribution in [0, 0.1) is 19.8 Å².